The second-order valence-corrected chi connectivity index (χ2v) is 12.0. The van der Waals surface area contributed by atoms with Crippen molar-refractivity contribution in [1.82, 2.24) is 0 Å². The van der Waals surface area contributed by atoms with Crippen molar-refractivity contribution in [2.75, 3.05) is 13.7 Å². The Labute approximate surface area is 223 Å². The van der Waals surface area contributed by atoms with E-state index in [1.54, 1.807) is 7.11 Å². The third-order valence-corrected chi connectivity index (χ3v) is 9.25. The van der Waals surface area contributed by atoms with Crippen LogP contribution in [0.3, 0.4) is 0 Å². The summed E-state index contributed by atoms with van der Waals surface area (Å²) >= 11 is 0. The summed E-state index contributed by atoms with van der Waals surface area (Å²) in [7, 11) is 1.68. The van der Waals surface area contributed by atoms with Crippen molar-refractivity contribution in [1.29, 1.82) is 0 Å². The van der Waals surface area contributed by atoms with E-state index in [2.05, 4.69) is 5.32 Å². The van der Waals surface area contributed by atoms with Crippen molar-refractivity contribution in [3.63, 3.8) is 0 Å². The van der Waals surface area contributed by atoms with E-state index in [1.165, 1.54) is 33.1 Å². The van der Waals surface area contributed by atoms with Crippen LogP contribution in [0.15, 0.2) is 0 Å². The van der Waals surface area contributed by atoms with Crippen LogP contribution in [-0.2, 0) is 23.8 Å². The number of carbonyl (C=O) groups excluding carboxylic acids is 2. The first-order valence-electron chi connectivity index (χ1n) is 14.9. The van der Waals surface area contributed by atoms with Gasteiger partial charge in [-0.2, -0.15) is 0 Å². The second kappa shape index (κ2) is 15.4. The molecular formula is C29H53N2O6+. The maximum atomic E-state index is 12.1. The first-order valence-corrected chi connectivity index (χ1v) is 14.9. The van der Waals surface area contributed by atoms with Crippen LogP contribution in [0.25, 0.3) is 0 Å². The Balaban J connectivity index is 1.70. The summed E-state index contributed by atoms with van der Waals surface area (Å²) < 4.78 is 17.4. The number of ether oxygens (including phenoxy) is 3. The van der Waals surface area contributed by atoms with Crippen molar-refractivity contribution >= 4 is 11.9 Å². The van der Waals surface area contributed by atoms with Gasteiger partial charge in [0, 0.05) is 33.8 Å². The van der Waals surface area contributed by atoms with Gasteiger partial charge in [0.15, 0.2) is 0 Å². The lowest BCUT2D eigenvalue weighted by Crippen LogP contribution is -2.94. The number of aliphatic hydroxyl groups excluding tert-OH is 1. The topological polar surface area (TPSA) is 125 Å². The highest BCUT2D eigenvalue weighted by molar-refractivity contribution is 5.66. The molecule has 0 aromatic carbocycles. The van der Waals surface area contributed by atoms with Crippen molar-refractivity contribution in [2.24, 2.45) is 29.4 Å². The van der Waals surface area contributed by atoms with Crippen LogP contribution in [0.1, 0.15) is 104 Å². The van der Waals surface area contributed by atoms with Crippen LogP contribution in [0.5, 0.6) is 0 Å². The number of hydrogen-bond acceptors (Lipinski definition) is 7. The zero-order chi connectivity index (χ0) is 26.8. The maximum absolute atomic E-state index is 12.1. The highest BCUT2D eigenvalue weighted by Crippen LogP contribution is 2.42. The van der Waals surface area contributed by atoms with E-state index < -0.39 is 6.10 Å². The molecule has 3 rings (SSSR count). The average Bonchev–Trinajstić information content (AvgIpc) is 2.81. The summed E-state index contributed by atoms with van der Waals surface area (Å²) in [5.74, 6) is 1.02. The summed E-state index contributed by atoms with van der Waals surface area (Å²) in [6.07, 6.45) is 13.0. The number of quaternary nitrogens is 1. The van der Waals surface area contributed by atoms with E-state index >= 15 is 0 Å². The third-order valence-electron chi connectivity index (χ3n) is 9.25. The van der Waals surface area contributed by atoms with Gasteiger partial charge in [0.1, 0.15) is 18.4 Å². The maximum Gasteiger partial charge on any atom is 0.302 e. The molecule has 5 N–H and O–H groups in total. The molecule has 2 aliphatic carbocycles. The SMILES string of the molecule is COC1CC(CCC(CC(OC(C)=O)C2CCCCCCC2)OC(C)=O)C(C2CC[NH2+]C(N)C2)CC1O. The highest BCUT2D eigenvalue weighted by Gasteiger charge is 2.42. The van der Waals surface area contributed by atoms with Crippen molar-refractivity contribution in [3.05, 3.63) is 0 Å². The first-order chi connectivity index (χ1) is 17.8. The minimum atomic E-state index is -0.453. The molecule has 0 aromatic heterocycles. The summed E-state index contributed by atoms with van der Waals surface area (Å²) in [6.45, 7) is 3.97. The molecule has 3 fully saturated rings. The molecule has 1 heterocycles. The fourth-order valence-corrected chi connectivity index (χ4v) is 7.42. The Bertz CT molecular complexity index is 698. The van der Waals surface area contributed by atoms with Crippen molar-refractivity contribution in [3.8, 4) is 0 Å². The standard InChI is InChI=1S/C29H52N2O6/c1-19(32)36-24(17-27(37-20(2)33)21-9-7-5-4-6-8-10-21)12-11-22-15-28(35-3)26(34)18-25(22)23-13-14-31-29(30)16-23/h21-29,31,34H,4-18,30H2,1-3H3/p+1. The van der Waals surface area contributed by atoms with E-state index in [1.807, 2.05) is 0 Å². The predicted octanol–water partition coefficient (Wildman–Crippen LogP) is 3.04. The number of esters is 2. The Kier molecular flexibility index (Phi) is 12.6. The summed E-state index contributed by atoms with van der Waals surface area (Å²) in [4.78, 5) is 24.1. The molecule has 0 amide bonds. The first kappa shape index (κ1) is 30.3. The average molecular weight is 526 g/mol. The number of methoxy groups -OCH3 is 1. The third kappa shape index (κ3) is 9.79. The normalized spacial score (nSPS) is 33.5. The minimum absolute atomic E-state index is 0.124. The molecule has 0 bridgehead atoms. The number of carbonyl (C=O) groups is 2. The Hall–Kier alpha value is -1.22. The van der Waals surface area contributed by atoms with Crippen LogP contribution in [-0.4, -0.2) is 61.3 Å². The van der Waals surface area contributed by atoms with Crippen LogP contribution >= 0.6 is 0 Å². The van der Waals surface area contributed by atoms with Gasteiger partial charge in [0.25, 0.3) is 0 Å². The molecule has 0 aromatic rings. The van der Waals surface area contributed by atoms with E-state index in [4.69, 9.17) is 19.9 Å². The molecule has 8 atom stereocenters. The number of piperidine rings is 1. The molecule has 0 spiro atoms. The van der Waals surface area contributed by atoms with E-state index in [0.717, 1.165) is 70.8 Å². The number of rotatable bonds is 10. The number of nitrogens with two attached hydrogens (primary N) is 2. The molecule has 2 saturated carbocycles. The van der Waals surface area contributed by atoms with Crippen LogP contribution in [0.4, 0.5) is 0 Å². The molecule has 8 heteroatoms. The van der Waals surface area contributed by atoms with Gasteiger partial charge in [-0.15, -0.1) is 0 Å². The van der Waals surface area contributed by atoms with Gasteiger partial charge in [-0.05, 0) is 68.6 Å². The van der Waals surface area contributed by atoms with Gasteiger partial charge in [-0.25, -0.2) is 0 Å². The fourth-order valence-electron chi connectivity index (χ4n) is 7.42. The molecule has 0 radical (unpaired) electrons. The lowest BCUT2D eigenvalue weighted by Gasteiger charge is -2.44. The predicted molar refractivity (Wildman–Crippen MR) is 141 cm³/mol. The van der Waals surface area contributed by atoms with Crippen molar-refractivity contribution in [2.45, 2.75) is 134 Å². The Morgan fingerprint density at radius 1 is 0.973 bits per heavy atom. The van der Waals surface area contributed by atoms with Gasteiger partial charge in [0.05, 0.1) is 18.8 Å². The zero-order valence-electron chi connectivity index (χ0n) is 23.4. The van der Waals surface area contributed by atoms with E-state index in [9.17, 15) is 14.7 Å². The highest BCUT2D eigenvalue weighted by atomic mass is 16.6. The zero-order valence-corrected chi connectivity index (χ0v) is 23.4. The van der Waals surface area contributed by atoms with Gasteiger partial charge < -0.3 is 24.6 Å². The second-order valence-electron chi connectivity index (χ2n) is 12.0. The molecule has 37 heavy (non-hydrogen) atoms. The van der Waals surface area contributed by atoms with Crippen LogP contribution in [0, 0.1) is 23.7 Å². The van der Waals surface area contributed by atoms with Crippen LogP contribution in [0.2, 0.25) is 0 Å². The Morgan fingerprint density at radius 2 is 1.65 bits per heavy atom. The van der Waals surface area contributed by atoms with E-state index in [0.29, 0.717) is 30.1 Å². The largest absolute Gasteiger partial charge is 0.462 e. The molecule has 1 saturated heterocycles. The lowest BCUT2D eigenvalue weighted by atomic mass is 9.66. The lowest BCUT2D eigenvalue weighted by molar-refractivity contribution is -0.699. The molecule has 8 nitrogen and oxygen atoms in total. The van der Waals surface area contributed by atoms with Crippen molar-refractivity contribution < 1.29 is 34.2 Å². The smallest absolute Gasteiger partial charge is 0.302 e. The van der Waals surface area contributed by atoms with Gasteiger partial charge in [-0.3, -0.25) is 15.3 Å². The quantitative estimate of drug-likeness (QED) is 0.374. The number of aliphatic hydroxyl groups is 1. The van der Waals surface area contributed by atoms with Gasteiger partial charge in [0.2, 0.25) is 0 Å². The summed E-state index contributed by atoms with van der Waals surface area (Å²) in [5, 5.41) is 13.0. The van der Waals surface area contributed by atoms with Gasteiger partial charge in [-0.1, -0.05) is 32.1 Å². The summed E-state index contributed by atoms with van der Waals surface area (Å²) in [6, 6.07) is 0. The monoisotopic (exact) mass is 525 g/mol. The Morgan fingerprint density at radius 3 is 2.27 bits per heavy atom. The molecular weight excluding hydrogens is 472 g/mol. The number of hydrogen-bond donors (Lipinski definition) is 3. The molecule has 8 unspecified atom stereocenters. The van der Waals surface area contributed by atoms with Gasteiger partial charge >= 0.3 is 11.9 Å². The minimum Gasteiger partial charge on any atom is -0.462 e. The fraction of sp³-hybridized carbons (Fsp3) is 0.931. The summed E-state index contributed by atoms with van der Waals surface area (Å²) in [5.41, 5.74) is 6.29. The molecule has 1 aliphatic heterocycles. The van der Waals surface area contributed by atoms with E-state index in [-0.39, 0.29) is 36.4 Å². The molecule has 3 aliphatic rings. The van der Waals surface area contributed by atoms with Crippen LogP contribution < -0.4 is 11.1 Å². The molecule has 214 valence electrons.